The molecule has 1 aromatic carbocycles. The largest absolute Gasteiger partial charge is 0.493 e. The number of hydrogen-bond acceptors (Lipinski definition) is 4. The minimum Gasteiger partial charge on any atom is -0.493 e. The highest BCUT2D eigenvalue weighted by Gasteiger charge is 2.72. The first-order valence-corrected chi connectivity index (χ1v) is 9.21. The third kappa shape index (κ3) is 1.41. The standard InChI is InChI=1S/C20H27NO3/c1-12-7-8-20(23-4)15-11-13-5-6-14(22-3)17-16(13)19(20,18(12)24-17)9-10-21(15)2/h5-6,12,15,18H,7-11H2,1-4H3/t12?,15-,18+,19+,20-/m1/s1. The van der Waals surface area contributed by atoms with E-state index in [1.807, 2.05) is 7.11 Å². The maximum Gasteiger partial charge on any atom is 0.165 e. The highest BCUT2D eigenvalue weighted by molar-refractivity contribution is 5.62. The summed E-state index contributed by atoms with van der Waals surface area (Å²) >= 11 is 0. The van der Waals surface area contributed by atoms with E-state index in [-0.39, 0.29) is 17.1 Å². The van der Waals surface area contributed by atoms with Crippen molar-refractivity contribution in [3.05, 3.63) is 23.3 Å². The molecule has 2 heterocycles. The van der Waals surface area contributed by atoms with E-state index in [9.17, 15) is 0 Å². The summed E-state index contributed by atoms with van der Waals surface area (Å²) in [5.41, 5.74) is 2.69. The van der Waals surface area contributed by atoms with Crippen LogP contribution < -0.4 is 9.47 Å². The molecule has 2 aliphatic carbocycles. The van der Waals surface area contributed by atoms with Crippen LogP contribution in [0.5, 0.6) is 11.5 Å². The lowest BCUT2D eigenvalue weighted by atomic mass is 9.47. The van der Waals surface area contributed by atoms with E-state index >= 15 is 0 Å². The summed E-state index contributed by atoms with van der Waals surface area (Å²) in [4.78, 5) is 2.52. The van der Waals surface area contributed by atoms with Gasteiger partial charge in [0.25, 0.3) is 0 Å². The number of hydrogen-bond donors (Lipinski definition) is 0. The Labute approximate surface area is 144 Å². The predicted molar refractivity (Wildman–Crippen MR) is 92.0 cm³/mol. The summed E-state index contributed by atoms with van der Waals surface area (Å²) in [5.74, 6) is 2.42. The maximum atomic E-state index is 6.65. The number of piperidine rings is 1. The van der Waals surface area contributed by atoms with E-state index < -0.39 is 0 Å². The average molecular weight is 329 g/mol. The van der Waals surface area contributed by atoms with Crippen LogP contribution in [0, 0.1) is 5.92 Å². The van der Waals surface area contributed by atoms with Crippen LogP contribution in [0.15, 0.2) is 12.1 Å². The lowest BCUT2D eigenvalue weighted by Crippen LogP contribution is -2.76. The highest BCUT2D eigenvalue weighted by atomic mass is 16.5. The van der Waals surface area contributed by atoms with Crippen LogP contribution in [0.3, 0.4) is 0 Å². The minimum absolute atomic E-state index is 0.0198. The molecule has 24 heavy (non-hydrogen) atoms. The SMILES string of the molecule is COc1ccc2c3c1O[C@H]1C(C)CC[C@@]4(OC)[C@@H](C2)N(C)CC[C@]314. The van der Waals surface area contributed by atoms with Crippen molar-refractivity contribution in [1.29, 1.82) is 0 Å². The molecule has 1 saturated carbocycles. The summed E-state index contributed by atoms with van der Waals surface area (Å²) in [6.07, 6.45) is 4.64. The molecule has 1 aromatic rings. The topological polar surface area (TPSA) is 30.9 Å². The lowest BCUT2D eigenvalue weighted by Gasteiger charge is -2.65. The van der Waals surface area contributed by atoms with E-state index in [1.165, 1.54) is 11.1 Å². The number of likely N-dealkylation sites (tertiary alicyclic amines) is 1. The van der Waals surface area contributed by atoms with Crippen LogP contribution in [0.2, 0.25) is 0 Å². The number of benzene rings is 1. The van der Waals surface area contributed by atoms with Crippen LogP contribution in [-0.4, -0.2) is 50.5 Å². The zero-order valence-electron chi connectivity index (χ0n) is 15.1. The van der Waals surface area contributed by atoms with E-state index in [0.717, 1.165) is 43.7 Å². The molecule has 4 aliphatic rings. The first-order chi connectivity index (χ1) is 11.6. The van der Waals surface area contributed by atoms with Gasteiger partial charge in [-0.25, -0.2) is 0 Å². The summed E-state index contributed by atoms with van der Waals surface area (Å²) in [7, 11) is 5.93. The van der Waals surface area contributed by atoms with Crippen molar-refractivity contribution in [2.75, 3.05) is 27.8 Å². The molecule has 5 rings (SSSR count). The minimum atomic E-state index is -0.137. The van der Waals surface area contributed by atoms with Crippen molar-refractivity contribution in [1.82, 2.24) is 4.90 Å². The summed E-state index contributed by atoms with van der Waals surface area (Å²) < 4.78 is 18.7. The number of rotatable bonds is 2. The molecular formula is C20H27NO3. The van der Waals surface area contributed by atoms with Gasteiger partial charge in [0.1, 0.15) is 6.10 Å². The average Bonchev–Trinajstić information content (AvgIpc) is 2.95. The second kappa shape index (κ2) is 4.67. The fraction of sp³-hybridized carbons (Fsp3) is 0.700. The monoisotopic (exact) mass is 329 g/mol. The Morgan fingerprint density at radius 3 is 2.83 bits per heavy atom. The fourth-order valence-electron chi connectivity index (χ4n) is 6.54. The van der Waals surface area contributed by atoms with Crippen molar-refractivity contribution < 1.29 is 14.2 Å². The third-order valence-corrected chi connectivity index (χ3v) is 7.55. The van der Waals surface area contributed by atoms with Gasteiger partial charge in [0, 0.05) is 18.7 Å². The van der Waals surface area contributed by atoms with Gasteiger partial charge in [0.15, 0.2) is 11.5 Å². The Morgan fingerprint density at radius 2 is 2.08 bits per heavy atom. The molecule has 0 N–H and O–H groups in total. The first kappa shape index (κ1) is 15.0. The Balaban J connectivity index is 1.85. The molecule has 1 saturated heterocycles. The molecule has 2 aliphatic heterocycles. The van der Waals surface area contributed by atoms with E-state index in [4.69, 9.17) is 14.2 Å². The van der Waals surface area contributed by atoms with Crippen molar-refractivity contribution in [3.63, 3.8) is 0 Å². The highest BCUT2D eigenvalue weighted by Crippen LogP contribution is 2.67. The lowest BCUT2D eigenvalue weighted by molar-refractivity contribution is -0.207. The molecule has 0 amide bonds. The number of likely N-dealkylation sites (N-methyl/N-ethyl adjacent to an activating group) is 1. The number of nitrogens with zero attached hydrogens (tertiary/aromatic N) is 1. The van der Waals surface area contributed by atoms with Gasteiger partial charge in [-0.2, -0.15) is 0 Å². The third-order valence-electron chi connectivity index (χ3n) is 7.55. The Morgan fingerprint density at radius 1 is 1.25 bits per heavy atom. The molecule has 4 heteroatoms. The molecule has 5 atom stereocenters. The van der Waals surface area contributed by atoms with E-state index in [2.05, 4.69) is 31.0 Å². The van der Waals surface area contributed by atoms with Gasteiger partial charge in [0.05, 0.1) is 18.1 Å². The predicted octanol–water partition coefficient (Wildman–Crippen LogP) is 2.77. The zero-order valence-corrected chi connectivity index (χ0v) is 15.1. The van der Waals surface area contributed by atoms with Crippen molar-refractivity contribution in [3.8, 4) is 11.5 Å². The van der Waals surface area contributed by atoms with Crippen molar-refractivity contribution in [2.24, 2.45) is 5.92 Å². The van der Waals surface area contributed by atoms with Crippen LogP contribution in [-0.2, 0) is 16.6 Å². The summed E-state index contributed by atoms with van der Waals surface area (Å²) in [5, 5.41) is 0. The second-order valence-corrected chi connectivity index (χ2v) is 8.20. The zero-order chi connectivity index (χ0) is 16.7. The van der Waals surface area contributed by atoms with Gasteiger partial charge in [-0.15, -0.1) is 0 Å². The van der Waals surface area contributed by atoms with Crippen LogP contribution in [0.4, 0.5) is 0 Å². The molecule has 130 valence electrons. The Kier molecular flexibility index (Phi) is 2.93. The molecule has 2 fully saturated rings. The first-order valence-electron chi connectivity index (χ1n) is 9.21. The van der Waals surface area contributed by atoms with Gasteiger partial charge in [-0.1, -0.05) is 13.0 Å². The van der Waals surface area contributed by atoms with Gasteiger partial charge >= 0.3 is 0 Å². The summed E-state index contributed by atoms with van der Waals surface area (Å²) in [6, 6.07) is 4.78. The van der Waals surface area contributed by atoms with Crippen LogP contribution >= 0.6 is 0 Å². The van der Waals surface area contributed by atoms with Gasteiger partial charge < -0.3 is 19.1 Å². The fourth-order valence-corrected chi connectivity index (χ4v) is 6.54. The number of ether oxygens (including phenoxy) is 3. The van der Waals surface area contributed by atoms with Crippen LogP contribution in [0.25, 0.3) is 0 Å². The van der Waals surface area contributed by atoms with Gasteiger partial charge in [0.2, 0.25) is 0 Å². The molecule has 1 spiro atoms. The normalized spacial score (nSPS) is 42.4. The van der Waals surface area contributed by atoms with Gasteiger partial charge in [-0.05, 0) is 56.8 Å². The quantitative estimate of drug-likeness (QED) is 0.835. The second-order valence-electron chi connectivity index (χ2n) is 8.20. The van der Waals surface area contributed by atoms with Crippen molar-refractivity contribution in [2.45, 2.75) is 55.8 Å². The van der Waals surface area contributed by atoms with E-state index in [0.29, 0.717) is 12.0 Å². The Hall–Kier alpha value is -1.26. The summed E-state index contributed by atoms with van der Waals surface area (Å²) in [6.45, 7) is 3.46. The molecule has 0 aromatic heterocycles. The molecule has 4 nitrogen and oxygen atoms in total. The van der Waals surface area contributed by atoms with Crippen molar-refractivity contribution >= 4 is 0 Å². The Bertz CT molecular complexity index is 704. The van der Waals surface area contributed by atoms with E-state index in [1.54, 1.807) is 7.11 Å². The molecular weight excluding hydrogens is 302 g/mol. The molecule has 0 radical (unpaired) electrons. The molecule has 1 unspecified atom stereocenters. The van der Waals surface area contributed by atoms with Crippen LogP contribution in [0.1, 0.15) is 37.3 Å². The molecule has 2 bridgehead atoms. The van der Waals surface area contributed by atoms with Gasteiger partial charge in [-0.3, -0.25) is 0 Å². The maximum absolute atomic E-state index is 6.65. The smallest absolute Gasteiger partial charge is 0.165 e. The number of methoxy groups -OCH3 is 2.